The van der Waals surface area contributed by atoms with E-state index in [1.165, 1.54) is 64.2 Å². The van der Waals surface area contributed by atoms with Crippen molar-refractivity contribution >= 4 is 0 Å². The lowest BCUT2D eigenvalue weighted by Gasteiger charge is -2.15. The second-order valence-electron chi connectivity index (χ2n) is 5.49. The fraction of sp³-hybridized carbons (Fsp3) is 1.00. The molecule has 0 amide bonds. The largest absolute Gasteiger partial charge is 0.258 e. The zero-order valence-corrected chi connectivity index (χ0v) is 13.1. The lowest BCUT2D eigenvalue weighted by molar-refractivity contribution is 0.384. The molecule has 0 saturated heterocycles. The summed E-state index contributed by atoms with van der Waals surface area (Å²) in [6, 6.07) is 0. The maximum atomic E-state index is 3.40. The van der Waals surface area contributed by atoms with E-state index in [2.05, 4.69) is 31.6 Å². The van der Waals surface area contributed by atoms with Crippen LogP contribution in [0.25, 0.3) is 0 Å². The van der Waals surface area contributed by atoms with Gasteiger partial charge in [-0.15, -0.1) is 0 Å². The van der Waals surface area contributed by atoms with E-state index in [0.717, 1.165) is 19.0 Å². The number of nitrogens with one attached hydrogen (secondary N) is 2. The Balaban J connectivity index is 3.17. The predicted molar refractivity (Wildman–Crippen MR) is 82.7 cm³/mol. The topological polar surface area (TPSA) is 24.1 Å². The molecule has 2 heteroatoms. The summed E-state index contributed by atoms with van der Waals surface area (Å²) in [5, 5.41) is 0. The van der Waals surface area contributed by atoms with Crippen LogP contribution in [0.2, 0.25) is 0 Å². The number of unbranched alkanes of at least 4 members (excludes halogenated alkanes) is 6. The first-order valence-corrected chi connectivity index (χ1v) is 8.30. The average molecular weight is 256 g/mol. The summed E-state index contributed by atoms with van der Waals surface area (Å²) in [7, 11) is 0. The first-order valence-electron chi connectivity index (χ1n) is 8.30. The standard InChI is InChI=1S/C16H36N2/c1-4-7-9-10-11-12-14-17-18-15-16(6-3)13-8-5-2/h16-18H,4-15H2,1-3H3. The summed E-state index contributed by atoms with van der Waals surface area (Å²) in [6.07, 6.45) is 13.6. The number of rotatable bonds is 14. The van der Waals surface area contributed by atoms with Crippen LogP contribution < -0.4 is 10.9 Å². The molecular weight excluding hydrogens is 220 g/mol. The molecule has 2 nitrogen and oxygen atoms in total. The van der Waals surface area contributed by atoms with Crippen LogP contribution in [0.15, 0.2) is 0 Å². The van der Waals surface area contributed by atoms with Crippen molar-refractivity contribution in [3.63, 3.8) is 0 Å². The molecule has 0 saturated carbocycles. The van der Waals surface area contributed by atoms with Gasteiger partial charge in [0.25, 0.3) is 0 Å². The van der Waals surface area contributed by atoms with E-state index in [9.17, 15) is 0 Å². The Morgan fingerprint density at radius 1 is 0.722 bits per heavy atom. The highest BCUT2D eigenvalue weighted by Gasteiger charge is 2.04. The normalized spacial score (nSPS) is 12.8. The third-order valence-corrected chi connectivity index (χ3v) is 3.71. The third kappa shape index (κ3) is 12.4. The Kier molecular flexibility index (Phi) is 14.9. The van der Waals surface area contributed by atoms with Crippen LogP contribution in [-0.2, 0) is 0 Å². The van der Waals surface area contributed by atoms with Crippen molar-refractivity contribution < 1.29 is 0 Å². The highest BCUT2D eigenvalue weighted by atomic mass is 15.3. The molecule has 0 aromatic heterocycles. The van der Waals surface area contributed by atoms with Crippen LogP contribution in [0, 0.1) is 5.92 Å². The van der Waals surface area contributed by atoms with Gasteiger partial charge < -0.3 is 0 Å². The summed E-state index contributed by atoms with van der Waals surface area (Å²) < 4.78 is 0. The second kappa shape index (κ2) is 15.0. The molecule has 0 rings (SSSR count). The fourth-order valence-corrected chi connectivity index (χ4v) is 2.24. The van der Waals surface area contributed by atoms with Gasteiger partial charge in [0.1, 0.15) is 0 Å². The molecule has 1 atom stereocenters. The molecular formula is C16H36N2. The van der Waals surface area contributed by atoms with Crippen molar-refractivity contribution in [3.8, 4) is 0 Å². The lowest BCUT2D eigenvalue weighted by Crippen LogP contribution is -2.36. The number of hydrogen-bond acceptors (Lipinski definition) is 2. The van der Waals surface area contributed by atoms with Gasteiger partial charge in [0.2, 0.25) is 0 Å². The van der Waals surface area contributed by atoms with Gasteiger partial charge in [-0.3, -0.25) is 10.9 Å². The molecule has 0 heterocycles. The third-order valence-electron chi connectivity index (χ3n) is 3.71. The second-order valence-corrected chi connectivity index (χ2v) is 5.49. The van der Waals surface area contributed by atoms with Crippen molar-refractivity contribution in [3.05, 3.63) is 0 Å². The van der Waals surface area contributed by atoms with Crippen LogP contribution in [-0.4, -0.2) is 13.1 Å². The molecule has 0 radical (unpaired) electrons. The van der Waals surface area contributed by atoms with Crippen molar-refractivity contribution in [2.24, 2.45) is 5.92 Å². The average Bonchev–Trinajstić information content (AvgIpc) is 2.40. The van der Waals surface area contributed by atoms with Crippen LogP contribution in [0.4, 0.5) is 0 Å². The molecule has 0 aromatic carbocycles. The van der Waals surface area contributed by atoms with Gasteiger partial charge in [-0.05, 0) is 18.8 Å². The molecule has 0 spiro atoms. The van der Waals surface area contributed by atoms with E-state index >= 15 is 0 Å². The van der Waals surface area contributed by atoms with Crippen LogP contribution in [0.3, 0.4) is 0 Å². The quantitative estimate of drug-likeness (QED) is 0.349. The maximum Gasteiger partial charge on any atom is 0.0128 e. The number of hydrogen-bond donors (Lipinski definition) is 2. The SMILES string of the molecule is CCCCCCCCNNCC(CC)CCCC. The first-order chi connectivity index (χ1) is 8.85. The smallest absolute Gasteiger partial charge is 0.0128 e. The zero-order valence-electron chi connectivity index (χ0n) is 13.1. The molecule has 18 heavy (non-hydrogen) atoms. The lowest BCUT2D eigenvalue weighted by atomic mass is 10.00. The minimum Gasteiger partial charge on any atom is -0.258 e. The van der Waals surface area contributed by atoms with Gasteiger partial charge in [-0.25, -0.2) is 0 Å². The minimum atomic E-state index is 0.849. The van der Waals surface area contributed by atoms with Crippen molar-refractivity contribution in [1.29, 1.82) is 0 Å². The van der Waals surface area contributed by atoms with E-state index in [1.807, 2.05) is 0 Å². The molecule has 0 aliphatic rings. The Labute approximate surface area is 115 Å². The van der Waals surface area contributed by atoms with Crippen LogP contribution in [0.1, 0.15) is 85.0 Å². The molecule has 0 aliphatic heterocycles. The number of hydrazine groups is 1. The molecule has 0 aromatic rings. The summed E-state index contributed by atoms with van der Waals surface area (Å²) in [4.78, 5) is 0. The molecule has 110 valence electrons. The Morgan fingerprint density at radius 2 is 1.39 bits per heavy atom. The Hall–Kier alpha value is -0.0800. The molecule has 0 fully saturated rings. The van der Waals surface area contributed by atoms with Gasteiger partial charge in [-0.2, -0.15) is 0 Å². The molecule has 2 N–H and O–H groups in total. The van der Waals surface area contributed by atoms with Gasteiger partial charge in [0, 0.05) is 13.1 Å². The first kappa shape index (κ1) is 17.9. The summed E-state index contributed by atoms with van der Waals surface area (Å²) in [5.41, 5.74) is 6.76. The van der Waals surface area contributed by atoms with Gasteiger partial charge in [-0.1, -0.05) is 72.1 Å². The van der Waals surface area contributed by atoms with Crippen molar-refractivity contribution in [2.45, 2.75) is 85.0 Å². The van der Waals surface area contributed by atoms with Gasteiger partial charge in [0.05, 0.1) is 0 Å². The molecule has 1 unspecified atom stereocenters. The minimum absolute atomic E-state index is 0.849. The van der Waals surface area contributed by atoms with Gasteiger partial charge in [0.15, 0.2) is 0 Å². The summed E-state index contributed by atoms with van der Waals surface area (Å²) in [5.74, 6) is 0.849. The molecule has 0 bridgehead atoms. The highest BCUT2D eigenvalue weighted by Crippen LogP contribution is 2.10. The fourth-order valence-electron chi connectivity index (χ4n) is 2.24. The summed E-state index contributed by atoms with van der Waals surface area (Å²) >= 11 is 0. The van der Waals surface area contributed by atoms with E-state index in [1.54, 1.807) is 0 Å². The predicted octanol–water partition coefficient (Wildman–Crippen LogP) is 4.66. The zero-order chi connectivity index (χ0) is 13.5. The Bertz CT molecular complexity index is 148. The van der Waals surface area contributed by atoms with Gasteiger partial charge >= 0.3 is 0 Å². The molecule has 0 aliphatic carbocycles. The van der Waals surface area contributed by atoms with Crippen LogP contribution >= 0.6 is 0 Å². The maximum absolute atomic E-state index is 3.40. The Morgan fingerprint density at radius 3 is 2.06 bits per heavy atom. The monoisotopic (exact) mass is 256 g/mol. The van der Waals surface area contributed by atoms with E-state index in [0.29, 0.717) is 0 Å². The van der Waals surface area contributed by atoms with Crippen molar-refractivity contribution in [2.75, 3.05) is 13.1 Å². The van der Waals surface area contributed by atoms with E-state index in [-0.39, 0.29) is 0 Å². The van der Waals surface area contributed by atoms with Crippen LogP contribution in [0.5, 0.6) is 0 Å². The summed E-state index contributed by atoms with van der Waals surface area (Å²) in [6.45, 7) is 9.10. The van der Waals surface area contributed by atoms with Crippen molar-refractivity contribution in [1.82, 2.24) is 10.9 Å². The highest BCUT2D eigenvalue weighted by molar-refractivity contribution is 4.59. The van der Waals surface area contributed by atoms with E-state index < -0.39 is 0 Å². The van der Waals surface area contributed by atoms with E-state index in [4.69, 9.17) is 0 Å².